The third-order valence-electron chi connectivity index (χ3n) is 16.4. The van der Waals surface area contributed by atoms with Gasteiger partial charge in [-0.05, 0) is 98.7 Å². The molecule has 24 nitrogen and oxygen atoms in total. The van der Waals surface area contributed by atoms with Crippen LogP contribution in [0.2, 0.25) is 5.02 Å². The highest BCUT2D eigenvalue weighted by atomic mass is 35.5. The number of aryl methyl sites for hydroxylation is 2. The molecule has 9 atom stereocenters. The molecule has 5 aromatic rings. The highest BCUT2D eigenvalue weighted by molar-refractivity contribution is 7.52. The van der Waals surface area contributed by atoms with Gasteiger partial charge in [-0.3, -0.25) is 38.6 Å². The Balaban J connectivity index is 0.877. The molecule has 0 bridgehead atoms. The van der Waals surface area contributed by atoms with Gasteiger partial charge in [-0.25, -0.2) is 9.78 Å². The molecule has 1 unspecified atom stereocenters. The van der Waals surface area contributed by atoms with E-state index in [1.807, 2.05) is 38.1 Å². The van der Waals surface area contributed by atoms with E-state index in [1.54, 1.807) is 44.5 Å². The Kier molecular flexibility index (Phi) is 21.6. The zero-order valence-electron chi connectivity index (χ0n) is 50.0. The van der Waals surface area contributed by atoms with Crippen LogP contribution in [0.1, 0.15) is 119 Å². The maximum atomic E-state index is 14.7. The first-order chi connectivity index (χ1) is 41.9. The van der Waals surface area contributed by atoms with Gasteiger partial charge in [-0.1, -0.05) is 74.8 Å². The molecule has 3 saturated heterocycles. The van der Waals surface area contributed by atoms with Gasteiger partial charge in [0.2, 0.25) is 35.4 Å². The summed E-state index contributed by atoms with van der Waals surface area (Å²) in [4.78, 5) is 127. The minimum absolute atomic E-state index is 0.0152. The van der Waals surface area contributed by atoms with E-state index < -0.39 is 120 Å². The Hall–Kier alpha value is -7.10. The fraction of sp³-hybridized carbons (Fsp3) is 0.500. The lowest BCUT2D eigenvalue weighted by molar-refractivity contribution is -0.144. The second kappa shape index (κ2) is 28.4. The lowest BCUT2D eigenvalue weighted by Gasteiger charge is -2.39. The van der Waals surface area contributed by atoms with E-state index >= 15 is 0 Å². The van der Waals surface area contributed by atoms with Crippen LogP contribution in [0.15, 0.2) is 72.2 Å². The SMILES string of the molecule is COC(=O)N1CC[C@H]2CC[C@@H](C(=O)N[C@@H](CCC(N)=O)COc3cccc(CCCC(=O)N[C@H](C(=O)N4C[C@H](O)C[C@H]4C(=O)N[C@@H](C)c4ccc(-c5scnc5C)cc4)C(C)(C)C)c3Cl)N2C(=O)[C@@H](NC(O)c2cc3cc(C(F)(F)P(=O)(O)O)ccc3[nH]2)C1. The molecular formula is C60H76ClF2N10O14PS. The molecule has 5 heterocycles. The van der Waals surface area contributed by atoms with Gasteiger partial charge < -0.3 is 70.8 Å². The number of carbonyl (C=O) groups is 7. The summed E-state index contributed by atoms with van der Waals surface area (Å²) in [5, 5.41) is 34.1. The van der Waals surface area contributed by atoms with Gasteiger partial charge in [0.05, 0.1) is 52.1 Å². The number of aromatic nitrogens is 2. The van der Waals surface area contributed by atoms with Crippen LogP contribution in [0.3, 0.4) is 0 Å². The molecule has 0 spiro atoms. The number of aromatic amines is 1. The van der Waals surface area contributed by atoms with Gasteiger partial charge in [0.25, 0.3) is 0 Å². The summed E-state index contributed by atoms with van der Waals surface area (Å²) in [6.45, 7) is 8.63. The Labute approximate surface area is 521 Å². The first kappa shape index (κ1) is 67.8. The molecule has 0 radical (unpaired) electrons. The Morgan fingerprint density at radius 1 is 0.955 bits per heavy atom. The number of amides is 7. The third kappa shape index (κ3) is 16.1. The topological polar surface area (TPSA) is 348 Å². The van der Waals surface area contributed by atoms with Crippen molar-refractivity contribution >= 4 is 83.0 Å². The Morgan fingerprint density at radius 2 is 1.67 bits per heavy atom. The standard InChI is InChI=1S/C60H76ClF2N10O14PS/c1-32(34-13-15-36(16-14-34)51-33(2)65-31-89-51)66-55(79)46-27-41(74)28-72(46)57(81)52(59(3,4)5)70-49(76)12-8-10-35-9-7-11-47(50(35)61)87-30-39(18-22-48(64)75)67-54(78)45-21-19-40-23-24-71(58(82)86-6)29-44(56(80)73(40)45)69-53(77)43-26-37-25-38(17-20-42(37)68-43)60(62,63)88(83,84)85/h7,9,11,13-17,20,25-26,31-32,39-41,44-46,52-53,68-69,74,77H,8,10,12,18-19,21-24,27-30H2,1-6H3,(H2,64,75)(H,66,79)(H,67,78)(H,70,76)(H2,83,84,85)/t32-,39-,40+,41+,44-,45-,46-,52+,53?/m0/s1. The first-order valence-corrected chi connectivity index (χ1v) is 32.1. The largest absolute Gasteiger partial charge is 0.490 e. The molecule has 3 aliphatic rings. The molecular weight excluding hydrogens is 1220 g/mol. The number of benzene rings is 3. The minimum atomic E-state index is -5.90. The van der Waals surface area contributed by atoms with Crippen LogP contribution in [-0.4, -0.2) is 162 Å². The number of nitrogens with one attached hydrogen (secondary N) is 5. The average molecular weight is 1300 g/mol. The van der Waals surface area contributed by atoms with E-state index in [0.717, 1.165) is 47.0 Å². The highest BCUT2D eigenvalue weighted by Crippen LogP contribution is 2.59. The Bertz CT molecular complexity index is 3470. The number of nitrogens with zero attached hydrogens (tertiary/aromatic N) is 4. The molecule has 7 amide bonds. The van der Waals surface area contributed by atoms with Crippen molar-refractivity contribution in [2.45, 2.75) is 153 Å². The lowest BCUT2D eigenvalue weighted by Crippen LogP contribution is -2.61. The molecule has 89 heavy (non-hydrogen) atoms. The van der Waals surface area contributed by atoms with Crippen LogP contribution in [0.25, 0.3) is 21.3 Å². The number of hydrogen-bond donors (Lipinski definition) is 10. The fourth-order valence-electron chi connectivity index (χ4n) is 11.5. The van der Waals surface area contributed by atoms with Crippen molar-refractivity contribution in [2.75, 3.05) is 33.4 Å². The van der Waals surface area contributed by atoms with Crippen LogP contribution in [0, 0.1) is 12.3 Å². The number of aliphatic hydroxyl groups is 2. The number of fused-ring (bicyclic) bond motifs is 2. The molecule has 482 valence electrons. The number of ether oxygens (including phenoxy) is 2. The van der Waals surface area contributed by atoms with Crippen LogP contribution in [0.4, 0.5) is 13.6 Å². The summed E-state index contributed by atoms with van der Waals surface area (Å²) in [5.74, 6) is -3.05. The van der Waals surface area contributed by atoms with Crippen LogP contribution in [-0.2, 0) is 50.2 Å². The zero-order chi connectivity index (χ0) is 64.9. The molecule has 3 aliphatic heterocycles. The average Bonchev–Trinajstić information content (AvgIpc) is 2.10. The number of rotatable bonds is 23. The van der Waals surface area contributed by atoms with Crippen molar-refractivity contribution < 1.29 is 76.4 Å². The quantitative estimate of drug-likeness (QED) is 0.0273. The first-order valence-electron chi connectivity index (χ1n) is 29.2. The normalized spacial score (nSPS) is 20.4. The number of β-amino-alcohol motifs (C(OH)–C–C–N with tert-alkyl or cyclic N) is 1. The number of methoxy groups -OCH3 is 1. The van der Waals surface area contributed by atoms with E-state index in [2.05, 4.69) is 31.2 Å². The highest BCUT2D eigenvalue weighted by Gasteiger charge is 2.51. The van der Waals surface area contributed by atoms with Crippen molar-refractivity contribution in [3.8, 4) is 16.2 Å². The van der Waals surface area contributed by atoms with E-state index in [1.165, 1.54) is 32.1 Å². The van der Waals surface area contributed by atoms with Gasteiger partial charge in [0.15, 0.2) is 0 Å². The number of thiazole rings is 1. The second-order valence-corrected chi connectivity index (χ2v) is 26.8. The van der Waals surface area contributed by atoms with Crippen molar-refractivity contribution in [3.05, 3.63) is 105 Å². The molecule has 2 aromatic heterocycles. The number of likely N-dealkylation sites (tertiary alicyclic amines) is 1. The zero-order valence-corrected chi connectivity index (χ0v) is 52.5. The summed E-state index contributed by atoms with van der Waals surface area (Å²) >= 11 is 8.45. The van der Waals surface area contributed by atoms with E-state index in [4.69, 9.17) is 26.8 Å². The number of halogens is 3. The van der Waals surface area contributed by atoms with Crippen LogP contribution in [0.5, 0.6) is 5.75 Å². The number of primary amides is 1. The molecule has 29 heteroatoms. The molecule has 3 aromatic carbocycles. The van der Waals surface area contributed by atoms with Gasteiger partial charge in [-0.15, -0.1) is 11.3 Å². The maximum absolute atomic E-state index is 14.7. The Morgan fingerprint density at radius 3 is 2.34 bits per heavy atom. The predicted molar refractivity (Wildman–Crippen MR) is 325 cm³/mol. The van der Waals surface area contributed by atoms with Gasteiger partial charge >= 0.3 is 19.4 Å². The van der Waals surface area contributed by atoms with Crippen molar-refractivity contribution in [1.82, 2.24) is 45.9 Å². The number of aliphatic hydroxyl groups excluding tert-OH is 2. The number of hydrogen-bond acceptors (Lipinski definition) is 15. The van der Waals surface area contributed by atoms with Crippen LogP contribution >= 0.6 is 30.5 Å². The van der Waals surface area contributed by atoms with E-state index in [0.29, 0.717) is 24.8 Å². The van der Waals surface area contributed by atoms with Gasteiger partial charge in [0, 0.05) is 61.4 Å². The predicted octanol–water partition coefficient (Wildman–Crippen LogP) is 5.78. The maximum Gasteiger partial charge on any atom is 0.409 e. The second-order valence-electron chi connectivity index (χ2n) is 23.9. The number of H-pyrrole nitrogens is 1. The molecule has 3 fully saturated rings. The van der Waals surface area contributed by atoms with Gasteiger partial charge in [-0.2, -0.15) is 8.78 Å². The number of carbonyl (C=O) groups excluding carboxylic acids is 7. The summed E-state index contributed by atoms with van der Waals surface area (Å²) in [6, 6.07) is 10.6. The van der Waals surface area contributed by atoms with Gasteiger partial charge in [0.1, 0.15) is 42.8 Å². The molecule has 0 aliphatic carbocycles. The summed E-state index contributed by atoms with van der Waals surface area (Å²) < 4.78 is 52.0. The lowest BCUT2D eigenvalue weighted by atomic mass is 9.85. The fourth-order valence-corrected chi connectivity index (χ4v) is 13.1. The number of alkyl halides is 2. The van der Waals surface area contributed by atoms with Crippen molar-refractivity contribution in [1.29, 1.82) is 0 Å². The van der Waals surface area contributed by atoms with Crippen molar-refractivity contribution in [3.63, 3.8) is 0 Å². The monoisotopic (exact) mass is 1300 g/mol. The summed E-state index contributed by atoms with van der Waals surface area (Å²) in [6.07, 6.45) is -2.17. The molecule has 8 rings (SSSR count). The van der Waals surface area contributed by atoms with E-state index in [9.17, 15) is 66.9 Å². The van der Waals surface area contributed by atoms with Crippen LogP contribution < -0.4 is 31.7 Å². The molecule has 11 N–H and O–H groups in total. The molecule has 0 saturated carbocycles. The summed E-state index contributed by atoms with van der Waals surface area (Å²) in [7, 11) is -4.73. The number of nitrogens with two attached hydrogens (primary N) is 1. The minimum Gasteiger partial charge on any atom is -0.490 e. The van der Waals surface area contributed by atoms with E-state index in [-0.39, 0.29) is 92.1 Å². The third-order valence-corrected chi connectivity index (χ3v) is 18.8. The van der Waals surface area contributed by atoms with Crippen molar-refractivity contribution in [2.24, 2.45) is 11.1 Å². The summed E-state index contributed by atoms with van der Waals surface area (Å²) in [5.41, 5.74) is 4.64. The smallest absolute Gasteiger partial charge is 0.409 e.